The number of benzene rings is 1. The Balaban J connectivity index is 1.63. The quantitative estimate of drug-likeness (QED) is 0.525. The summed E-state index contributed by atoms with van der Waals surface area (Å²) < 4.78 is 77.3. The maximum absolute atomic E-state index is 13.3. The van der Waals surface area contributed by atoms with Gasteiger partial charge in [0.1, 0.15) is 27.4 Å². The Morgan fingerprint density at radius 2 is 2.00 bits per heavy atom. The van der Waals surface area contributed by atoms with E-state index in [0.29, 0.717) is 22.8 Å². The van der Waals surface area contributed by atoms with Gasteiger partial charge >= 0.3 is 6.18 Å². The number of rotatable bonds is 7. The number of hydrogen-bond donors (Lipinski definition) is 2. The zero-order chi connectivity index (χ0) is 22.4. The third-order valence-corrected chi connectivity index (χ3v) is 5.66. The molecule has 0 saturated heterocycles. The minimum Gasteiger partial charge on any atom is -0.364 e. The number of sulfone groups is 1. The number of halogens is 4. The van der Waals surface area contributed by atoms with Crippen LogP contribution in [0.25, 0.3) is 10.9 Å². The van der Waals surface area contributed by atoms with Gasteiger partial charge < -0.3 is 10.6 Å². The summed E-state index contributed by atoms with van der Waals surface area (Å²) in [6, 6.07) is 4.38. The van der Waals surface area contributed by atoms with Crippen LogP contribution in [-0.2, 0) is 22.6 Å². The fraction of sp³-hybridized carbons (Fsp3) is 0.389. The lowest BCUT2D eigenvalue weighted by atomic mass is 10.2. The molecule has 13 heteroatoms. The van der Waals surface area contributed by atoms with Crippen LogP contribution in [0.2, 0.25) is 0 Å². The van der Waals surface area contributed by atoms with Gasteiger partial charge in [-0.1, -0.05) is 6.07 Å². The van der Waals surface area contributed by atoms with Gasteiger partial charge in [-0.25, -0.2) is 17.8 Å². The third kappa shape index (κ3) is 4.86. The first-order valence-electron chi connectivity index (χ1n) is 9.25. The Morgan fingerprint density at radius 3 is 2.65 bits per heavy atom. The smallest absolute Gasteiger partial charge is 0.364 e. The molecule has 0 amide bonds. The highest BCUT2D eigenvalue weighted by atomic mass is 32.2. The van der Waals surface area contributed by atoms with Crippen molar-refractivity contribution >= 4 is 38.2 Å². The molecule has 166 valence electrons. The monoisotopic (exact) mass is 458 g/mol. The van der Waals surface area contributed by atoms with Crippen LogP contribution in [0.15, 0.2) is 30.6 Å². The zero-order valence-electron chi connectivity index (χ0n) is 16.2. The first-order chi connectivity index (χ1) is 14.5. The number of anilines is 3. The summed E-state index contributed by atoms with van der Waals surface area (Å²) in [5, 5.41) is 10.1. The van der Waals surface area contributed by atoms with E-state index in [2.05, 4.69) is 25.7 Å². The highest BCUT2D eigenvalue weighted by molar-refractivity contribution is 7.90. The summed E-state index contributed by atoms with van der Waals surface area (Å²) in [6.07, 6.45) is -2.49. The van der Waals surface area contributed by atoms with Crippen LogP contribution in [0.1, 0.15) is 12.0 Å². The molecule has 2 aromatic heterocycles. The van der Waals surface area contributed by atoms with Crippen molar-refractivity contribution < 1.29 is 26.0 Å². The molecule has 1 fully saturated rings. The molecule has 1 unspecified atom stereocenters. The Kier molecular flexibility index (Phi) is 5.23. The molecule has 2 atom stereocenters. The molecule has 0 aliphatic heterocycles. The van der Waals surface area contributed by atoms with Crippen LogP contribution in [0.4, 0.5) is 35.0 Å². The third-order valence-electron chi connectivity index (χ3n) is 4.74. The van der Waals surface area contributed by atoms with Gasteiger partial charge in [-0.3, -0.25) is 4.68 Å². The predicted molar refractivity (Wildman–Crippen MR) is 107 cm³/mol. The number of nitrogens with one attached hydrogen (secondary N) is 2. The highest BCUT2D eigenvalue weighted by Crippen LogP contribution is 2.37. The molecule has 8 nitrogen and oxygen atoms in total. The van der Waals surface area contributed by atoms with Gasteiger partial charge in [-0.05, 0) is 12.1 Å². The lowest BCUT2D eigenvalue weighted by molar-refractivity contribution is -0.137. The molecule has 1 aliphatic carbocycles. The highest BCUT2D eigenvalue weighted by Gasteiger charge is 2.41. The molecule has 1 aliphatic rings. The lowest BCUT2D eigenvalue weighted by Crippen LogP contribution is -2.16. The molecule has 1 aromatic carbocycles. The summed E-state index contributed by atoms with van der Waals surface area (Å²) in [5.41, 5.74) is 0.0321. The van der Waals surface area contributed by atoms with Crippen molar-refractivity contribution in [2.45, 2.75) is 31.4 Å². The fourth-order valence-corrected chi connectivity index (χ4v) is 3.52. The van der Waals surface area contributed by atoms with Gasteiger partial charge in [0.25, 0.3) is 0 Å². The van der Waals surface area contributed by atoms with E-state index in [1.54, 1.807) is 18.2 Å². The minimum absolute atomic E-state index is 0.0881. The molecule has 0 radical (unpaired) electrons. The number of alkyl halides is 4. The second kappa shape index (κ2) is 7.62. The molecular formula is C18H18F4N6O2S. The second-order valence-corrected chi connectivity index (χ2v) is 9.58. The summed E-state index contributed by atoms with van der Waals surface area (Å²) in [4.78, 5) is 7.65. The van der Waals surface area contributed by atoms with E-state index in [4.69, 9.17) is 0 Å². The Bertz CT molecular complexity index is 1230. The SMILES string of the molecule is CS(=O)(=O)CCn1ncc2c(Nc3ncc(C(F)(F)F)c(NC4C[C@@H]4F)n3)cccc21. The van der Waals surface area contributed by atoms with Crippen molar-refractivity contribution in [3.63, 3.8) is 0 Å². The zero-order valence-corrected chi connectivity index (χ0v) is 17.0. The normalized spacial score (nSPS) is 18.9. The Morgan fingerprint density at radius 1 is 1.26 bits per heavy atom. The van der Waals surface area contributed by atoms with E-state index in [-0.39, 0.29) is 24.7 Å². The molecule has 3 aromatic rings. The van der Waals surface area contributed by atoms with Crippen molar-refractivity contribution in [1.82, 2.24) is 19.7 Å². The largest absolute Gasteiger partial charge is 0.421 e. The topological polar surface area (TPSA) is 102 Å². The van der Waals surface area contributed by atoms with Gasteiger partial charge in [0.15, 0.2) is 0 Å². The number of aryl methyl sites for hydroxylation is 1. The predicted octanol–water partition coefficient (Wildman–Crippen LogP) is 3.16. The van der Waals surface area contributed by atoms with Crippen LogP contribution < -0.4 is 10.6 Å². The number of nitrogens with zero attached hydrogens (tertiary/aromatic N) is 4. The number of hydrogen-bond acceptors (Lipinski definition) is 7. The van der Waals surface area contributed by atoms with E-state index in [9.17, 15) is 26.0 Å². The van der Waals surface area contributed by atoms with Crippen molar-refractivity contribution in [3.05, 3.63) is 36.2 Å². The van der Waals surface area contributed by atoms with Gasteiger partial charge in [0, 0.05) is 24.3 Å². The van der Waals surface area contributed by atoms with Crippen LogP contribution >= 0.6 is 0 Å². The van der Waals surface area contributed by atoms with Crippen LogP contribution in [0.5, 0.6) is 0 Å². The Hall–Kier alpha value is -2.96. The Labute approximate surface area is 174 Å². The van der Waals surface area contributed by atoms with Gasteiger partial charge in [-0.2, -0.15) is 23.3 Å². The van der Waals surface area contributed by atoms with Crippen molar-refractivity contribution in [2.24, 2.45) is 0 Å². The number of aromatic nitrogens is 4. The first-order valence-corrected chi connectivity index (χ1v) is 11.3. The van der Waals surface area contributed by atoms with E-state index in [1.165, 1.54) is 10.9 Å². The average molecular weight is 458 g/mol. The standard InChI is InChI=1S/C18H18F4N6O2S/c1-31(29,30)6-5-28-15-4-2-3-13(10(15)8-24-28)26-17-23-9-11(18(20,21)22)16(27-17)25-14-7-12(14)19/h2-4,8-9,12,14H,5-7H2,1H3,(H2,23,25,26,27)/t12-,14?/m0/s1. The lowest BCUT2D eigenvalue weighted by Gasteiger charge is -2.14. The number of fused-ring (bicyclic) bond motifs is 1. The molecule has 1 saturated carbocycles. The maximum atomic E-state index is 13.3. The maximum Gasteiger partial charge on any atom is 0.421 e. The first kappa shape index (κ1) is 21.3. The summed E-state index contributed by atoms with van der Waals surface area (Å²) in [7, 11) is -3.18. The van der Waals surface area contributed by atoms with Crippen molar-refractivity contribution in [1.29, 1.82) is 0 Å². The fourth-order valence-electron chi connectivity index (χ4n) is 3.01. The van der Waals surface area contributed by atoms with E-state index < -0.39 is 39.6 Å². The minimum atomic E-state index is -4.69. The van der Waals surface area contributed by atoms with Gasteiger partial charge in [0.2, 0.25) is 5.95 Å². The van der Waals surface area contributed by atoms with Crippen molar-refractivity contribution in [3.8, 4) is 0 Å². The van der Waals surface area contributed by atoms with Crippen molar-refractivity contribution in [2.75, 3.05) is 22.6 Å². The molecule has 0 spiro atoms. The summed E-state index contributed by atoms with van der Waals surface area (Å²) in [5.74, 6) is -0.691. The van der Waals surface area contributed by atoms with Crippen LogP contribution in [0.3, 0.4) is 0 Å². The molecule has 2 heterocycles. The molecular weight excluding hydrogens is 440 g/mol. The van der Waals surface area contributed by atoms with E-state index in [0.717, 1.165) is 6.26 Å². The van der Waals surface area contributed by atoms with Crippen LogP contribution in [-0.4, -0.2) is 52.4 Å². The van der Waals surface area contributed by atoms with Gasteiger partial charge in [-0.15, -0.1) is 0 Å². The molecule has 0 bridgehead atoms. The summed E-state index contributed by atoms with van der Waals surface area (Å²) in [6.45, 7) is 0.155. The average Bonchev–Trinajstić information content (AvgIpc) is 3.19. The molecule has 31 heavy (non-hydrogen) atoms. The van der Waals surface area contributed by atoms with E-state index in [1.807, 2.05) is 0 Å². The summed E-state index contributed by atoms with van der Waals surface area (Å²) >= 11 is 0. The van der Waals surface area contributed by atoms with Crippen LogP contribution in [0, 0.1) is 0 Å². The molecule has 2 N–H and O–H groups in total. The molecule has 4 rings (SSSR count). The van der Waals surface area contributed by atoms with Gasteiger partial charge in [0.05, 0.1) is 35.7 Å². The van der Waals surface area contributed by atoms with E-state index >= 15 is 0 Å². The second-order valence-electron chi connectivity index (χ2n) is 7.32.